The number of rotatable bonds is 7. The lowest BCUT2D eigenvalue weighted by molar-refractivity contribution is -0.120. The second-order valence-electron chi connectivity index (χ2n) is 8.20. The van der Waals surface area contributed by atoms with Gasteiger partial charge in [0.2, 0.25) is 5.91 Å². The van der Waals surface area contributed by atoms with Crippen LogP contribution in [0.15, 0.2) is 67.0 Å². The van der Waals surface area contributed by atoms with Gasteiger partial charge >= 0.3 is 0 Å². The number of carbonyl (C=O) groups is 3. The van der Waals surface area contributed by atoms with Gasteiger partial charge in [0.1, 0.15) is 6.04 Å². The van der Waals surface area contributed by atoms with Gasteiger partial charge in [-0.3, -0.25) is 19.5 Å². The Labute approximate surface area is 192 Å². The van der Waals surface area contributed by atoms with Crippen LogP contribution in [0.3, 0.4) is 0 Å². The van der Waals surface area contributed by atoms with Crippen molar-refractivity contribution in [3.63, 3.8) is 0 Å². The molecule has 33 heavy (non-hydrogen) atoms. The highest BCUT2D eigenvalue weighted by molar-refractivity contribution is 6.02. The van der Waals surface area contributed by atoms with Crippen molar-refractivity contribution in [2.45, 2.75) is 38.1 Å². The minimum Gasteiger partial charge on any atom is -0.336 e. The predicted octanol–water partition coefficient (Wildman–Crippen LogP) is 4.04. The molecule has 3 amide bonds. The molecule has 3 aromatic rings. The van der Waals surface area contributed by atoms with Gasteiger partial charge in [-0.1, -0.05) is 55.7 Å². The fraction of sp³-hybridized carbons (Fsp3) is 0.280. The van der Waals surface area contributed by atoms with Gasteiger partial charge in [0.25, 0.3) is 11.8 Å². The molecule has 1 atom stereocenters. The lowest BCUT2D eigenvalue weighted by atomic mass is 9.88. The molecule has 1 unspecified atom stereocenters. The van der Waals surface area contributed by atoms with Crippen molar-refractivity contribution >= 4 is 29.1 Å². The van der Waals surface area contributed by atoms with Gasteiger partial charge in [0, 0.05) is 23.4 Å². The van der Waals surface area contributed by atoms with Crippen molar-refractivity contribution in [1.29, 1.82) is 0 Å². The second kappa shape index (κ2) is 10.6. The summed E-state index contributed by atoms with van der Waals surface area (Å²) in [6, 6.07) is 14.9. The second-order valence-corrected chi connectivity index (χ2v) is 8.20. The molecule has 1 aliphatic rings. The number of hydrogen-bond acceptors (Lipinski definition) is 4. The van der Waals surface area contributed by atoms with Crippen LogP contribution >= 0.6 is 0 Å². The number of anilines is 2. The van der Waals surface area contributed by atoms with Gasteiger partial charge in [-0.25, -0.2) is 0 Å². The zero-order chi connectivity index (χ0) is 23.0. The van der Waals surface area contributed by atoms with Crippen molar-refractivity contribution in [2.24, 2.45) is 5.92 Å². The topological polar surface area (TPSA) is 116 Å². The van der Waals surface area contributed by atoms with E-state index in [0.29, 0.717) is 22.5 Å². The minimum atomic E-state index is -0.908. The first-order valence-corrected chi connectivity index (χ1v) is 11.2. The van der Waals surface area contributed by atoms with E-state index >= 15 is 0 Å². The van der Waals surface area contributed by atoms with Crippen LogP contribution in [0.25, 0.3) is 0 Å². The molecule has 0 saturated heterocycles. The highest BCUT2D eigenvalue weighted by Gasteiger charge is 2.24. The first kappa shape index (κ1) is 22.3. The predicted molar refractivity (Wildman–Crippen MR) is 126 cm³/mol. The Bertz CT molecular complexity index is 1090. The molecule has 2 aromatic carbocycles. The third-order valence-electron chi connectivity index (χ3n) is 5.80. The van der Waals surface area contributed by atoms with Crippen molar-refractivity contribution in [3.05, 3.63) is 78.1 Å². The molecule has 1 aromatic heterocycles. The van der Waals surface area contributed by atoms with Crippen LogP contribution in [0.1, 0.15) is 54.1 Å². The Morgan fingerprint density at radius 3 is 2.42 bits per heavy atom. The average Bonchev–Trinajstić information content (AvgIpc) is 3.36. The highest BCUT2D eigenvalue weighted by Crippen LogP contribution is 2.25. The number of aromatic nitrogens is 2. The standard InChI is InChI=1S/C25H27N5O3/c31-23(18-10-5-2-6-11-18)28-20-13-7-12-19(14-20)24(32)30-22(17-8-3-1-4-9-17)25(33)29-21-15-26-27-16-21/h1,3-4,7-9,12-16,18,22H,2,5-6,10-11H2,(H,26,27)(H,28,31)(H,29,33)(H,30,32). The fourth-order valence-electron chi connectivity index (χ4n) is 4.04. The lowest BCUT2D eigenvalue weighted by Gasteiger charge is -2.21. The molecule has 1 heterocycles. The molecular formula is C25H27N5O3. The van der Waals surface area contributed by atoms with Gasteiger partial charge in [0.05, 0.1) is 11.9 Å². The molecular weight excluding hydrogens is 418 g/mol. The van der Waals surface area contributed by atoms with E-state index in [1.807, 2.05) is 6.07 Å². The molecule has 0 aliphatic heterocycles. The van der Waals surface area contributed by atoms with Gasteiger partial charge in [-0.05, 0) is 36.6 Å². The van der Waals surface area contributed by atoms with Gasteiger partial charge < -0.3 is 16.0 Å². The van der Waals surface area contributed by atoms with Crippen LogP contribution in [0.5, 0.6) is 0 Å². The van der Waals surface area contributed by atoms with Crippen LogP contribution in [0.4, 0.5) is 11.4 Å². The largest absolute Gasteiger partial charge is 0.336 e. The Balaban J connectivity index is 1.47. The summed E-state index contributed by atoms with van der Waals surface area (Å²) in [6.07, 6.45) is 8.16. The molecule has 0 radical (unpaired) electrons. The molecule has 170 valence electrons. The Hall–Kier alpha value is -3.94. The van der Waals surface area contributed by atoms with E-state index in [9.17, 15) is 14.4 Å². The molecule has 0 spiro atoms. The summed E-state index contributed by atoms with van der Waals surface area (Å²) in [7, 11) is 0. The Morgan fingerprint density at radius 2 is 1.70 bits per heavy atom. The summed E-state index contributed by atoms with van der Waals surface area (Å²) in [6.45, 7) is 0. The zero-order valence-electron chi connectivity index (χ0n) is 18.2. The van der Waals surface area contributed by atoms with E-state index in [1.165, 1.54) is 12.6 Å². The van der Waals surface area contributed by atoms with E-state index in [4.69, 9.17) is 0 Å². The van der Waals surface area contributed by atoms with Crippen molar-refractivity contribution in [1.82, 2.24) is 15.5 Å². The summed E-state index contributed by atoms with van der Waals surface area (Å²) in [5, 5.41) is 15.0. The molecule has 4 N–H and O–H groups in total. The summed E-state index contributed by atoms with van der Waals surface area (Å²) >= 11 is 0. The summed E-state index contributed by atoms with van der Waals surface area (Å²) in [5.41, 5.74) is 2.07. The quantitative estimate of drug-likeness (QED) is 0.439. The van der Waals surface area contributed by atoms with Crippen molar-refractivity contribution < 1.29 is 14.4 Å². The summed E-state index contributed by atoms with van der Waals surface area (Å²) in [4.78, 5) is 38.6. The monoisotopic (exact) mass is 445 g/mol. The highest BCUT2D eigenvalue weighted by atomic mass is 16.2. The number of hydrogen-bond donors (Lipinski definition) is 4. The zero-order valence-corrected chi connectivity index (χ0v) is 18.2. The van der Waals surface area contributed by atoms with Crippen LogP contribution in [-0.2, 0) is 9.59 Å². The van der Waals surface area contributed by atoms with Gasteiger partial charge in [-0.2, -0.15) is 5.10 Å². The van der Waals surface area contributed by atoms with E-state index in [2.05, 4.69) is 26.1 Å². The van der Waals surface area contributed by atoms with E-state index in [-0.39, 0.29) is 11.8 Å². The summed E-state index contributed by atoms with van der Waals surface area (Å²) < 4.78 is 0. The first-order valence-electron chi connectivity index (χ1n) is 11.2. The minimum absolute atomic E-state index is 0.00564. The molecule has 8 heteroatoms. The normalized spacial score (nSPS) is 14.8. The van der Waals surface area contributed by atoms with E-state index < -0.39 is 17.9 Å². The maximum atomic E-state index is 13.1. The third-order valence-corrected chi connectivity index (χ3v) is 5.80. The number of carbonyl (C=O) groups excluding carboxylic acids is 3. The van der Waals surface area contributed by atoms with Crippen LogP contribution < -0.4 is 16.0 Å². The first-order chi connectivity index (χ1) is 16.1. The number of nitrogens with zero attached hydrogens (tertiary/aromatic N) is 1. The molecule has 1 fully saturated rings. The Morgan fingerprint density at radius 1 is 0.909 bits per heavy atom. The summed E-state index contributed by atoms with van der Waals surface area (Å²) in [5.74, 6) is -0.795. The molecule has 1 aliphatic carbocycles. The third kappa shape index (κ3) is 5.85. The Kier molecular flexibility index (Phi) is 7.14. The number of amides is 3. The molecule has 1 saturated carbocycles. The smallest absolute Gasteiger partial charge is 0.252 e. The number of aromatic amines is 1. The van der Waals surface area contributed by atoms with Crippen LogP contribution in [0, 0.1) is 5.92 Å². The lowest BCUT2D eigenvalue weighted by Crippen LogP contribution is -2.37. The maximum absolute atomic E-state index is 13.1. The molecule has 8 nitrogen and oxygen atoms in total. The SMILES string of the molecule is O=C(NC(C(=O)Nc1cn[nH]c1)c1ccccc1)c1cccc(NC(=O)C2CCCCC2)c1. The fourth-order valence-corrected chi connectivity index (χ4v) is 4.04. The number of H-pyrrole nitrogens is 1. The average molecular weight is 446 g/mol. The van der Waals surface area contributed by atoms with E-state index in [1.54, 1.807) is 54.7 Å². The van der Waals surface area contributed by atoms with Crippen molar-refractivity contribution in [2.75, 3.05) is 10.6 Å². The van der Waals surface area contributed by atoms with E-state index in [0.717, 1.165) is 25.7 Å². The van der Waals surface area contributed by atoms with Gasteiger partial charge in [-0.15, -0.1) is 0 Å². The van der Waals surface area contributed by atoms with Crippen molar-refractivity contribution in [3.8, 4) is 0 Å². The maximum Gasteiger partial charge on any atom is 0.252 e. The van der Waals surface area contributed by atoms with Crippen LogP contribution in [0.2, 0.25) is 0 Å². The van der Waals surface area contributed by atoms with Crippen LogP contribution in [-0.4, -0.2) is 27.9 Å². The van der Waals surface area contributed by atoms with Gasteiger partial charge in [0.15, 0.2) is 0 Å². The molecule has 0 bridgehead atoms. The molecule has 4 rings (SSSR count). The number of benzene rings is 2. The number of nitrogens with one attached hydrogen (secondary N) is 4.